The van der Waals surface area contributed by atoms with E-state index in [0.717, 1.165) is 20.0 Å². The molecule has 2 aromatic heterocycles. The normalized spacial score (nSPS) is 18.2. The van der Waals surface area contributed by atoms with Gasteiger partial charge in [0, 0.05) is 130 Å². The van der Waals surface area contributed by atoms with Crippen LogP contribution < -0.4 is 21.7 Å². The number of aliphatic hydroxyl groups is 4. The third-order valence-corrected chi connectivity index (χ3v) is 19.3. The van der Waals surface area contributed by atoms with Crippen molar-refractivity contribution >= 4 is 79.4 Å². The number of Topliss-reactive ketones (excluding diaryl/α,β-unsaturated/α-hetero) is 4. The Balaban J connectivity index is 0.0000184. The molecule has 0 radical (unpaired) electrons. The number of carbonyl (C=O) groups excluding carboxylic acids is 8. The van der Waals surface area contributed by atoms with Crippen molar-refractivity contribution in [3.05, 3.63) is 12.7 Å². The lowest BCUT2D eigenvalue weighted by molar-refractivity contribution is -0.133. The first-order valence-corrected chi connectivity index (χ1v) is 39.2. The van der Waals surface area contributed by atoms with Gasteiger partial charge in [-0.1, -0.05) is 47.0 Å². The predicted molar refractivity (Wildman–Crippen MR) is 385 cm³/mol. The van der Waals surface area contributed by atoms with E-state index in [1.165, 1.54) is 22.1 Å². The zero-order chi connectivity index (χ0) is 74.4. The molecule has 0 aliphatic carbocycles. The lowest BCUT2D eigenvalue weighted by atomic mass is 10.0. The molecular formula is C69H123N9O24P2. The van der Waals surface area contributed by atoms with Crippen LogP contribution in [0.3, 0.4) is 0 Å². The van der Waals surface area contributed by atoms with Crippen LogP contribution in [0.2, 0.25) is 0 Å². The number of imidazole rings is 1. The standard InChI is InChI=1S/C67H115N9O24P2.2CH4/c1-93-101(89,90)98-45-58-57(42-63(99-58)76-50-73-64-65(68)71-49-72-66(64)76)100-102(91,92)97-44-51-41-56(84)43-75(51)62(88)29-10-5-3-2-4-9-28-61(87)74-67(46-94-38-30-54(82)22-8-6-7-21-52(80)25-13-18-35-77,47-95-39-31-55(83)24-12-17-33-69-59(85)27-15-20-37-79)48-96-40-32-60(86)70-34-16-11-23-53(81)26-14-19-36-78;;/h49-51,56-58,63,77-79,84H,2-48H2,1H3,(H,69,85)(H,70,86)(H,74,87)(H,89,90)(H,91,92)(H2,68,71,72);2*1H4/t51-,56+,57-,58+,63+,67?;;/m0../s1. The first-order chi connectivity index (χ1) is 49.0. The molecule has 33 nitrogen and oxygen atoms in total. The van der Waals surface area contributed by atoms with Crippen molar-refractivity contribution in [2.24, 2.45) is 0 Å². The molecule has 2 aromatic rings. The van der Waals surface area contributed by atoms with Crippen LogP contribution in [0.4, 0.5) is 5.82 Å². The number of aromatic nitrogens is 4. The van der Waals surface area contributed by atoms with Crippen molar-refractivity contribution in [3.8, 4) is 0 Å². The van der Waals surface area contributed by atoms with Gasteiger partial charge in [0.2, 0.25) is 23.6 Å². The third-order valence-electron chi connectivity index (χ3n) is 17.4. The van der Waals surface area contributed by atoms with Crippen LogP contribution in [-0.2, 0) is 84.5 Å². The van der Waals surface area contributed by atoms with E-state index in [9.17, 15) is 62.4 Å². The molecule has 3 unspecified atom stereocenters. The Bertz CT molecular complexity index is 2790. The number of ether oxygens (including phenoxy) is 4. The summed E-state index contributed by atoms with van der Waals surface area (Å²) in [5.41, 5.74) is 5.16. The lowest BCUT2D eigenvalue weighted by Gasteiger charge is -2.34. The van der Waals surface area contributed by atoms with Crippen molar-refractivity contribution in [2.45, 2.75) is 263 Å². The summed E-state index contributed by atoms with van der Waals surface area (Å²) in [5, 5.41) is 46.3. The summed E-state index contributed by atoms with van der Waals surface area (Å²) in [6.45, 7) is -0.756. The number of β-amino-alcohol motifs (C(OH)–C–C–N with tert-alkyl or cyclic N) is 1. The number of phosphoric ester groups is 2. The molecule has 4 heterocycles. The lowest BCUT2D eigenvalue weighted by Crippen LogP contribution is -2.58. The Hall–Kier alpha value is -5.19. The van der Waals surface area contributed by atoms with Crippen LogP contribution >= 0.6 is 15.6 Å². The zero-order valence-electron chi connectivity index (χ0n) is 59.5. The maximum Gasteiger partial charge on any atom is 0.472 e. The molecule has 2 fully saturated rings. The molecule has 4 amide bonds. The number of amides is 4. The van der Waals surface area contributed by atoms with Crippen LogP contribution in [-0.4, -0.2) is 231 Å². The maximum atomic E-state index is 14.0. The Morgan fingerprint density at radius 1 is 0.567 bits per heavy atom. The number of rotatable bonds is 63. The second-order valence-corrected chi connectivity index (χ2v) is 29.1. The summed E-state index contributed by atoms with van der Waals surface area (Å²) < 4.78 is 72.2. The predicted octanol–water partition coefficient (Wildman–Crippen LogP) is 6.68. The number of nitrogens with zero attached hydrogens (tertiary/aromatic N) is 5. The summed E-state index contributed by atoms with van der Waals surface area (Å²) >= 11 is 0. The molecule has 8 atom stereocenters. The van der Waals surface area contributed by atoms with E-state index in [2.05, 4.69) is 35.4 Å². The van der Waals surface area contributed by atoms with Gasteiger partial charge in [-0.15, -0.1) is 0 Å². The van der Waals surface area contributed by atoms with Gasteiger partial charge in [-0.05, 0) is 96.3 Å². The fourth-order valence-corrected chi connectivity index (χ4v) is 13.1. The number of anilines is 1. The number of hydrogen-bond acceptors (Lipinski definition) is 26. The number of aliphatic hydroxyl groups excluding tert-OH is 4. The molecule has 2 aliphatic rings. The van der Waals surface area contributed by atoms with Gasteiger partial charge in [0.1, 0.15) is 59.0 Å². The average molecular weight is 1520 g/mol. The van der Waals surface area contributed by atoms with Crippen molar-refractivity contribution in [1.29, 1.82) is 0 Å². The molecule has 11 N–H and O–H groups in total. The Morgan fingerprint density at radius 2 is 1.02 bits per heavy atom. The van der Waals surface area contributed by atoms with E-state index in [4.69, 9.17) is 53.6 Å². The summed E-state index contributed by atoms with van der Waals surface area (Å²) in [4.78, 5) is 137. The highest BCUT2D eigenvalue weighted by Gasteiger charge is 2.45. The minimum Gasteiger partial charge on any atom is -0.396 e. The van der Waals surface area contributed by atoms with Gasteiger partial charge in [0.25, 0.3) is 0 Å². The largest absolute Gasteiger partial charge is 0.472 e. The highest BCUT2D eigenvalue weighted by atomic mass is 31.2. The van der Waals surface area contributed by atoms with E-state index in [1.807, 2.05) is 0 Å². The van der Waals surface area contributed by atoms with Crippen LogP contribution in [0, 0.1) is 0 Å². The number of likely N-dealkylation sites (tertiary alicyclic amines) is 1. The van der Waals surface area contributed by atoms with Crippen molar-refractivity contribution < 1.29 is 115 Å². The van der Waals surface area contributed by atoms with E-state index in [-0.39, 0.29) is 196 Å². The monoisotopic (exact) mass is 1520 g/mol. The molecule has 0 bridgehead atoms. The number of unbranched alkanes of at least 4 members (excludes halogenated alkanes) is 12. The van der Waals surface area contributed by atoms with Crippen molar-refractivity contribution in [2.75, 3.05) is 105 Å². The van der Waals surface area contributed by atoms with Gasteiger partial charge in [-0.25, -0.2) is 24.1 Å². The number of hydrogen-bond donors (Lipinski definition) is 10. The van der Waals surface area contributed by atoms with E-state index >= 15 is 0 Å². The van der Waals surface area contributed by atoms with Crippen molar-refractivity contribution in [3.63, 3.8) is 0 Å². The SMILES string of the molecule is C.C.COP(=O)(O)OC[C@H]1O[C@@H](n2cnc3c(N)ncnc32)C[C@@H]1OP(=O)(O)OC[C@@H]1C[C@@H](O)CN1C(=O)CCCCCCCCC(=O)NC(COCCC(=O)CCCCCC(=O)CCCCO)(COCCC(=O)CCCCNC(=O)CCCCO)COCCC(=O)NCCCCC(=O)CCCCO. The number of carbonyl (C=O) groups is 8. The minimum absolute atomic E-state index is 0. The summed E-state index contributed by atoms with van der Waals surface area (Å²) in [6, 6.07) is -0.782. The zero-order valence-corrected chi connectivity index (χ0v) is 61.3. The topological polar surface area (TPSA) is 475 Å². The number of ketones is 4. The second kappa shape index (κ2) is 54.4. The van der Waals surface area contributed by atoms with Crippen LogP contribution in [0.15, 0.2) is 12.7 Å². The van der Waals surface area contributed by atoms with Crippen LogP contribution in [0.1, 0.15) is 233 Å². The molecule has 598 valence electrons. The van der Waals surface area contributed by atoms with Crippen molar-refractivity contribution in [1.82, 2.24) is 40.4 Å². The fraction of sp³-hybridized carbons (Fsp3) is 0.812. The molecule has 35 heteroatoms. The minimum atomic E-state index is -4.95. The molecule has 2 aliphatic heterocycles. The van der Waals surface area contributed by atoms with E-state index in [0.29, 0.717) is 161 Å². The Kier molecular flexibility index (Phi) is 49.6. The second-order valence-electron chi connectivity index (χ2n) is 26.1. The molecule has 104 heavy (non-hydrogen) atoms. The smallest absolute Gasteiger partial charge is 0.396 e. The number of nitrogen functional groups attached to an aromatic ring is 1. The molecule has 4 rings (SSSR count). The molecule has 0 aromatic carbocycles. The van der Waals surface area contributed by atoms with Gasteiger partial charge in [0.05, 0.1) is 71.3 Å². The molecule has 2 saturated heterocycles. The van der Waals surface area contributed by atoms with E-state index in [1.54, 1.807) is 0 Å². The van der Waals surface area contributed by atoms with Gasteiger partial charge in [-0.3, -0.25) is 61.0 Å². The quantitative estimate of drug-likeness (QED) is 0.0244. The highest BCUT2D eigenvalue weighted by Crippen LogP contribution is 2.50. The highest BCUT2D eigenvalue weighted by molar-refractivity contribution is 7.47. The fourth-order valence-electron chi connectivity index (χ4n) is 11.6. The van der Waals surface area contributed by atoms with Gasteiger partial charge in [0.15, 0.2) is 11.5 Å². The van der Waals surface area contributed by atoms with Crippen LogP contribution in [0.5, 0.6) is 0 Å². The summed E-state index contributed by atoms with van der Waals surface area (Å²) in [7, 11) is -8.51. The first-order valence-electron chi connectivity index (χ1n) is 36.2. The van der Waals surface area contributed by atoms with Gasteiger partial charge in [-0.2, -0.15) is 0 Å². The van der Waals surface area contributed by atoms with Crippen LogP contribution in [0.25, 0.3) is 11.2 Å². The maximum absolute atomic E-state index is 14.0. The Morgan fingerprint density at radius 3 is 1.57 bits per heavy atom. The number of fused-ring (bicyclic) bond motifs is 1. The first kappa shape index (κ1) is 94.9. The summed E-state index contributed by atoms with van der Waals surface area (Å²) in [5.74, 6) is -0.810. The van der Waals surface area contributed by atoms with Gasteiger partial charge < -0.3 is 75.7 Å². The summed E-state index contributed by atoms with van der Waals surface area (Å²) in [6.07, 6.45) is 12.6. The van der Waals surface area contributed by atoms with E-state index < -0.39 is 65.0 Å². The third kappa shape index (κ3) is 40.1. The average Bonchev–Trinajstić information content (AvgIpc) is 1.63. The number of phosphoric acid groups is 2. The Labute approximate surface area is 612 Å². The molecule has 0 saturated carbocycles. The van der Waals surface area contributed by atoms with Gasteiger partial charge >= 0.3 is 15.6 Å². The number of nitrogens with one attached hydrogen (secondary N) is 3. The molecular weight excluding hydrogens is 1400 g/mol. The molecule has 0 spiro atoms. The number of nitrogens with two attached hydrogens (primary N) is 1.